The molecule has 2 aliphatic rings. The van der Waals surface area contributed by atoms with Crippen molar-refractivity contribution in [2.24, 2.45) is 0 Å². The van der Waals surface area contributed by atoms with Gasteiger partial charge in [-0.2, -0.15) is 0 Å². The summed E-state index contributed by atoms with van der Waals surface area (Å²) >= 11 is 0. The SMILES string of the molecule is Cc1cc2c3c(c1)-n1c(C)c(C)c4cc(C(C)C)cc(c41)B3c1oc3ccc(C(C)(C)C)cc3c1N2c1ccc2c(c1)oc1ccccc12. The average molecular weight is 639 g/mol. The summed E-state index contributed by atoms with van der Waals surface area (Å²) in [7, 11) is 0. The molecule has 5 heterocycles. The number of aryl methyl sites for hydroxylation is 2. The molecule has 4 nitrogen and oxygen atoms in total. The molecule has 0 bridgehead atoms. The van der Waals surface area contributed by atoms with Crippen LogP contribution in [0.15, 0.2) is 93.8 Å². The predicted molar refractivity (Wildman–Crippen MR) is 207 cm³/mol. The largest absolute Gasteiger partial charge is 0.468 e. The highest BCUT2D eigenvalue weighted by molar-refractivity contribution is 6.99. The van der Waals surface area contributed by atoms with Crippen molar-refractivity contribution in [1.82, 2.24) is 4.57 Å². The van der Waals surface area contributed by atoms with E-state index in [1.807, 2.05) is 6.07 Å². The monoisotopic (exact) mass is 638 g/mol. The Labute approximate surface area is 287 Å². The number of hydrogen-bond donors (Lipinski definition) is 0. The van der Waals surface area contributed by atoms with Crippen molar-refractivity contribution < 1.29 is 8.83 Å². The maximum atomic E-state index is 7.13. The molecule has 0 aliphatic carbocycles. The van der Waals surface area contributed by atoms with Gasteiger partial charge in [-0.3, -0.25) is 0 Å². The molecule has 2 aliphatic heterocycles. The lowest BCUT2D eigenvalue weighted by atomic mass is 9.35. The van der Waals surface area contributed by atoms with E-state index in [2.05, 4.69) is 144 Å². The Kier molecular flexibility index (Phi) is 5.59. The van der Waals surface area contributed by atoms with E-state index in [4.69, 9.17) is 8.83 Å². The van der Waals surface area contributed by atoms with E-state index < -0.39 is 0 Å². The standard InChI is InChI=1S/C44H39BN2O2/c1-23(2)27-19-32-25(4)26(5)46-35-17-24(3)18-36-40(35)45(34(20-27)41(32)46)43-42(33-21-28(44(6,7)8)13-16-38(33)49-43)47(36)29-14-15-31-30-11-9-10-12-37(30)48-39(31)22-29/h9-23H,1-8H3. The molecule has 0 fully saturated rings. The van der Waals surface area contributed by atoms with Gasteiger partial charge in [0.15, 0.2) is 0 Å². The lowest BCUT2D eigenvalue weighted by Gasteiger charge is -2.38. The number of fused-ring (bicyclic) bond motifs is 9. The Balaban J connectivity index is 1.36. The molecule has 5 heteroatoms. The molecule has 49 heavy (non-hydrogen) atoms. The van der Waals surface area contributed by atoms with Crippen LogP contribution >= 0.6 is 0 Å². The van der Waals surface area contributed by atoms with Gasteiger partial charge in [0.25, 0.3) is 6.71 Å². The Morgan fingerprint density at radius 3 is 2.24 bits per heavy atom. The second-order valence-electron chi connectivity index (χ2n) is 15.7. The number of benzene rings is 5. The van der Waals surface area contributed by atoms with Gasteiger partial charge in [0, 0.05) is 55.9 Å². The quantitative estimate of drug-likeness (QED) is 0.177. The molecule has 240 valence electrons. The Bertz CT molecular complexity index is 2730. The van der Waals surface area contributed by atoms with Crippen molar-refractivity contribution in [3.8, 4) is 5.69 Å². The lowest BCUT2D eigenvalue weighted by molar-refractivity contribution is 0.590. The second kappa shape index (κ2) is 9.50. The van der Waals surface area contributed by atoms with Crippen molar-refractivity contribution in [2.75, 3.05) is 4.90 Å². The van der Waals surface area contributed by atoms with Crippen molar-refractivity contribution in [3.63, 3.8) is 0 Å². The molecule has 0 saturated heterocycles. The van der Waals surface area contributed by atoms with Gasteiger partial charge in [0.05, 0.1) is 11.3 Å². The minimum atomic E-state index is -0.0420. The maximum absolute atomic E-state index is 7.13. The van der Waals surface area contributed by atoms with E-state index in [9.17, 15) is 0 Å². The van der Waals surface area contributed by atoms with Crippen molar-refractivity contribution >= 4 is 84.2 Å². The van der Waals surface area contributed by atoms with Crippen LogP contribution in [0.1, 0.15) is 68.5 Å². The Morgan fingerprint density at radius 1 is 0.694 bits per heavy atom. The minimum absolute atomic E-state index is 0.00876. The normalized spacial score (nSPS) is 13.8. The molecule has 0 saturated carbocycles. The van der Waals surface area contributed by atoms with E-state index in [1.54, 1.807) is 0 Å². The molecular formula is C44H39BN2O2. The number of anilines is 3. The first kappa shape index (κ1) is 28.8. The third-order valence-electron chi connectivity index (χ3n) is 11.4. The zero-order valence-electron chi connectivity index (χ0n) is 29.4. The Morgan fingerprint density at radius 2 is 1.45 bits per heavy atom. The molecule has 3 aromatic heterocycles. The third kappa shape index (κ3) is 3.76. The predicted octanol–water partition coefficient (Wildman–Crippen LogP) is 10.2. The summed E-state index contributed by atoms with van der Waals surface area (Å²) in [6.07, 6.45) is 0. The first-order chi connectivity index (χ1) is 23.5. The number of furan rings is 2. The smallest absolute Gasteiger partial charge is 0.297 e. The fourth-order valence-corrected chi connectivity index (χ4v) is 8.69. The Hall–Kier alpha value is -5.16. The van der Waals surface area contributed by atoms with E-state index in [1.165, 1.54) is 61.2 Å². The van der Waals surface area contributed by atoms with Crippen LogP contribution in [-0.4, -0.2) is 11.3 Å². The van der Waals surface area contributed by atoms with Gasteiger partial charge in [0.1, 0.15) is 16.7 Å². The first-order valence-corrected chi connectivity index (χ1v) is 17.6. The minimum Gasteiger partial charge on any atom is -0.468 e. The van der Waals surface area contributed by atoms with E-state index in [0.717, 1.165) is 49.9 Å². The highest BCUT2D eigenvalue weighted by Gasteiger charge is 2.46. The molecular weight excluding hydrogens is 599 g/mol. The highest BCUT2D eigenvalue weighted by Crippen LogP contribution is 2.46. The van der Waals surface area contributed by atoms with Crippen LogP contribution in [0.5, 0.6) is 0 Å². The van der Waals surface area contributed by atoms with Crippen LogP contribution in [0.4, 0.5) is 17.1 Å². The molecule has 0 radical (unpaired) electrons. The number of aromatic nitrogens is 1. The molecule has 0 atom stereocenters. The van der Waals surface area contributed by atoms with Crippen LogP contribution < -0.4 is 21.5 Å². The van der Waals surface area contributed by atoms with Crippen molar-refractivity contribution in [1.29, 1.82) is 0 Å². The molecule has 0 amide bonds. The fourth-order valence-electron chi connectivity index (χ4n) is 8.69. The first-order valence-electron chi connectivity index (χ1n) is 17.6. The second-order valence-corrected chi connectivity index (χ2v) is 15.7. The third-order valence-corrected chi connectivity index (χ3v) is 11.4. The summed E-state index contributed by atoms with van der Waals surface area (Å²) in [5.41, 5.74) is 18.8. The van der Waals surface area contributed by atoms with Crippen molar-refractivity contribution in [2.45, 2.75) is 66.7 Å². The lowest BCUT2D eigenvalue weighted by Crippen LogP contribution is -2.60. The summed E-state index contributed by atoms with van der Waals surface area (Å²) in [4.78, 5) is 2.46. The van der Waals surface area contributed by atoms with Gasteiger partial charge >= 0.3 is 0 Å². The fraction of sp³-hybridized carbons (Fsp3) is 0.227. The van der Waals surface area contributed by atoms with Crippen molar-refractivity contribution in [3.05, 3.63) is 113 Å². The van der Waals surface area contributed by atoms with Gasteiger partial charge in [-0.05, 0) is 114 Å². The van der Waals surface area contributed by atoms with Gasteiger partial charge in [0.2, 0.25) is 0 Å². The van der Waals surface area contributed by atoms with Gasteiger partial charge < -0.3 is 18.3 Å². The molecule has 0 N–H and O–H groups in total. The summed E-state index contributed by atoms with van der Waals surface area (Å²) in [5.74, 6) is 0.405. The van der Waals surface area contributed by atoms with Crippen LogP contribution in [0.2, 0.25) is 0 Å². The molecule has 8 aromatic rings. The van der Waals surface area contributed by atoms with Crippen LogP contribution in [0.3, 0.4) is 0 Å². The maximum Gasteiger partial charge on any atom is 0.297 e. The summed E-state index contributed by atoms with van der Waals surface area (Å²) in [5, 5.41) is 4.76. The van der Waals surface area contributed by atoms with Crippen LogP contribution in [0, 0.1) is 20.8 Å². The van der Waals surface area contributed by atoms with Gasteiger partial charge in [-0.15, -0.1) is 0 Å². The summed E-state index contributed by atoms with van der Waals surface area (Å²) in [6.45, 7) is 18.2. The zero-order valence-corrected chi connectivity index (χ0v) is 29.4. The molecule has 0 spiro atoms. The molecule has 5 aromatic carbocycles. The molecule has 10 rings (SSSR count). The van der Waals surface area contributed by atoms with E-state index >= 15 is 0 Å². The number of hydrogen-bond acceptors (Lipinski definition) is 3. The summed E-state index contributed by atoms with van der Waals surface area (Å²) in [6, 6.07) is 31.5. The average Bonchev–Trinajstić information content (AvgIpc) is 3.71. The number of nitrogens with zero attached hydrogens (tertiary/aromatic N) is 2. The van der Waals surface area contributed by atoms with E-state index in [0.29, 0.717) is 5.92 Å². The summed E-state index contributed by atoms with van der Waals surface area (Å²) < 4.78 is 16.1. The van der Waals surface area contributed by atoms with Gasteiger partial charge in [-0.25, -0.2) is 0 Å². The number of para-hydroxylation sites is 1. The van der Waals surface area contributed by atoms with Crippen LogP contribution in [-0.2, 0) is 5.41 Å². The topological polar surface area (TPSA) is 34.5 Å². The zero-order chi connectivity index (χ0) is 33.7. The number of rotatable bonds is 2. The highest BCUT2D eigenvalue weighted by atomic mass is 16.3. The van der Waals surface area contributed by atoms with Crippen LogP contribution in [0.25, 0.3) is 49.5 Å². The van der Waals surface area contributed by atoms with Gasteiger partial charge in [-0.1, -0.05) is 65.0 Å². The molecule has 0 unspecified atom stereocenters. The van der Waals surface area contributed by atoms with E-state index in [-0.39, 0.29) is 12.1 Å².